The Morgan fingerprint density at radius 1 is 1.28 bits per heavy atom. The van der Waals surface area contributed by atoms with Crippen LogP contribution in [0.25, 0.3) is 0 Å². The predicted octanol–water partition coefficient (Wildman–Crippen LogP) is 2.93. The van der Waals surface area contributed by atoms with E-state index in [9.17, 15) is 9.59 Å². The highest BCUT2D eigenvalue weighted by atomic mass is 32.1. The van der Waals surface area contributed by atoms with E-state index in [1.54, 1.807) is 6.92 Å². The van der Waals surface area contributed by atoms with Crippen LogP contribution >= 0.6 is 11.3 Å². The minimum Gasteiger partial charge on any atom is -0.369 e. The van der Waals surface area contributed by atoms with Crippen LogP contribution in [-0.4, -0.2) is 11.7 Å². The number of thiophene rings is 1. The Balaban J connectivity index is 2.17. The quantitative estimate of drug-likeness (QED) is 0.851. The van der Waals surface area contributed by atoms with Crippen molar-refractivity contribution in [3.05, 3.63) is 21.9 Å². The van der Waals surface area contributed by atoms with Gasteiger partial charge in [0.2, 0.25) is 5.91 Å². The molecule has 3 nitrogen and oxygen atoms in total. The van der Waals surface area contributed by atoms with Crippen molar-refractivity contribution >= 4 is 23.0 Å². The predicted molar refractivity (Wildman–Crippen MR) is 72.7 cm³/mol. The lowest BCUT2D eigenvalue weighted by atomic mass is 9.71. The fourth-order valence-corrected chi connectivity index (χ4v) is 3.78. The molecule has 0 bridgehead atoms. The highest BCUT2D eigenvalue weighted by Crippen LogP contribution is 2.40. The zero-order chi connectivity index (χ0) is 13.2. The standard InChI is InChI=1S/C14H19NO2S/c1-10(16)12-6-5-11(18-12)9-14(13(15)17)7-3-2-4-8-14/h5-6H,2-4,7-9H2,1H3,(H2,15,17). The van der Waals surface area contributed by atoms with Crippen molar-refractivity contribution in [2.24, 2.45) is 11.1 Å². The molecule has 0 atom stereocenters. The van der Waals surface area contributed by atoms with Gasteiger partial charge in [-0.1, -0.05) is 19.3 Å². The average molecular weight is 265 g/mol. The number of nitrogens with two attached hydrogens (primary N) is 1. The molecule has 0 aliphatic heterocycles. The SMILES string of the molecule is CC(=O)c1ccc(CC2(C(N)=O)CCCCC2)s1. The Hall–Kier alpha value is -1.16. The second-order valence-electron chi connectivity index (χ2n) is 5.20. The summed E-state index contributed by atoms with van der Waals surface area (Å²) in [4.78, 5) is 24.9. The van der Waals surface area contributed by atoms with Crippen molar-refractivity contribution in [3.8, 4) is 0 Å². The maximum atomic E-state index is 11.8. The van der Waals surface area contributed by atoms with E-state index in [4.69, 9.17) is 5.73 Å². The molecule has 1 aromatic heterocycles. The molecular formula is C14H19NO2S. The average Bonchev–Trinajstić information content (AvgIpc) is 2.78. The van der Waals surface area contributed by atoms with Crippen LogP contribution in [-0.2, 0) is 11.2 Å². The van der Waals surface area contributed by atoms with Gasteiger partial charge in [0.25, 0.3) is 0 Å². The molecule has 0 radical (unpaired) electrons. The van der Waals surface area contributed by atoms with E-state index in [2.05, 4.69) is 0 Å². The zero-order valence-corrected chi connectivity index (χ0v) is 11.5. The topological polar surface area (TPSA) is 60.2 Å². The first-order valence-electron chi connectivity index (χ1n) is 6.43. The minimum atomic E-state index is -0.378. The number of carbonyl (C=O) groups excluding carboxylic acids is 2. The van der Waals surface area contributed by atoms with E-state index in [0.717, 1.165) is 35.4 Å². The lowest BCUT2D eigenvalue weighted by Gasteiger charge is -2.33. The van der Waals surface area contributed by atoms with Gasteiger partial charge in [0.15, 0.2) is 5.78 Å². The van der Waals surface area contributed by atoms with Crippen LogP contribution in [0.1, 0.15) is 53.6 Å². The van der Waals surface area contributed by atoms with Crippen molar-refractivity contribution in [1.29, 1.82) is 0 Å². The van der Waals surface area contributed by atoms with Crippen molar-refractivity contribution in [2.45, 2.75) is 45.4 Å². The number of amides is 1. The van der Waals surface area contributed by atoms with Crippen LogP contribution in [0.2, 0.25) is 0 Å². The van der Waals surface area contributed by atoms with Gasteiger partial charge in [-0.05, 0) is 38.3 Å². The molecular weight excluding hydrogens is 246 g/mol. The van der Waals surface area contributed by atoms with Crippen molar-refractivity contribution in [2.75, 3.05) is 0 Å². The van der Waals surface area contributed by atoms with Gasteiger partial charge in [-0.15, -0.1) is 11.3 Å². The maximum absolute atomic E-state index is 11.8. The molecule has 0 aromatic carbocycles. The highest BCUT2D eigenvalue weighted by Gasteiger charge is 2.38. The van der Waals surface area contributed by atoms with Gasteiger partial charge in [-0.25, -0.2) is 0 Å². The molecule has 1 heterocycles. The van der Waals surface area contributed by atoms with Crippen LogP contribution in [0.15, 0.2) is 12.1 Å². The molecule has 2 rings (SSSR count). The summed E-state index contributed by atoms with van der Waals surface area (Å²) in [5.74, 6) is -0.0944. The lowest BCUT2D eigenvalue weighted by molar-refractivity contribution is -0.129. The van der Waals surface area contributed by atoms with Gasteiger partial charge in [-0.2, -0.15) is 0 Å². The molecule has 2 N–H and O–H groups in total. The first-order chi connectivity index (χ1) is 8.53. The number of primary amides is 1. The molecule has 1 fully saturated rings. The van der Waals surface area contributed by atoms with Crippen LogP contribution in [0.3, 0.4) is 0 Å². The van der Waals surface area contributed by atoms with E-state index >= 15 is 0 Å². The van der Waals surface area contributed by atoms with Crippen molar-refractivity contribution in [1.82, 2.24) is 0 Å². The number of carbonyl (C=O) groups is 2. The summed E-state index contributed by atoms with van der Waals surface area (Å²) in [5, 5.41) is 0. The van der Waals surface area contributed by atoms with Crippen LogP contribution in [0.5, 0.6) is 0 Å². The minimum absolute atomic E-state index is 0.0861. The van der Waals surface area contributed by atoms with Gasteiger partial charge in [0.1, 0.15) is 0 Å². The second-order valence-corrected chi connectivity index (χ2v) is 6.37. The fourth-order valence-electron chi connectivity index (χ4n) is 2.73. The summed E-state index contributed by atoms with van der Waals surface area (Å²) in [5.41, 5.74) is 5.24. The molecule has 0 spiro atoms. The zero-order valence-electron chi connectivity index (χ0n) is 10.7. The van der Waals surface area contributed by atoms with Crippen LogP contribution in [0.4, 0.5) is 0 Å². The molecule has 98 valence electrons. The Kier molecular flexibility index (Phi) is 3.85. The van der Waals surface area contributed by atoms with E-state index in [0.29, 0.717) is 6.42 Å². The number of hydrogen-bond donors (Lipinski definition) is 1. The van der Waals surface area contributed by atoms with Crippen LogP contribution in [0, 0.1) is 5.41 Å². The first kappa shape index (κ1) is 13.3. The third-order valence-electron chi connectivity index (χ3n) is 3.85. The van der Waals surface area contributed by atoms with E-state index in [1.807, 2.05) is 12.1 Å². The molecule has 1 amide bonds. The van der Waals surface area contributed by atoms with Gasteiger partial charge in [0.05, 0.1) is 10.3 Å². The number of ketones is 1. The summed E-state index contributed by atoms with van der Waals surface area (Å²) in [6.45, 7) is 1.57. The first-order valence-corrected chi connectivity index (χ1v) is 7.25. The summed E-state index contributed by atoms with van der Waals surface area (Å²) in [6.07, 6.45) is 5.81. The van der Waals surface area contributed by atoms with Gasteiger partial charge in [0, 0.05) is 4.88 Å². The van der Waals surface area contributed by atoms with E-state index in [1.165, 1.54) is 17.8 Å². The molecule has 0 saturated heterocycles. The molecule has 1 aliphatic rings. The summed E-state index contributed by atoms with van der Waals surface area (Å²) in [7, 11) is 0. The van der Waals surface area contributed by atoms with Crippen molar-refractivity contribution in [3.63, 3.8) is 0 Å². The third kappa shape index (κ3) is 2.64. The van der Waals surface area contributed by atoms with Crippen molar-refractivity contribution < 1.29 is 9.59 Å². The highest BCUT2D eigenvalue weighted by molar-refractivity contribution is 7.14. The largest absolute Gasteiger partial charge is 0.369 e. The molecule has 0 unspecified atom stereocenters. The number of Topliss-reactive ketones (excluding diaryl/α,β-unsaturated/α-hetero) is 1. The Bertz CT molecular complexity index is 458. The third-order valence-corrected chi connectivity index (χ3v) is 5.04. The van der Waals surface area contributed by atoms with Gasteiger partial charge in [-0.3, -0.25) is 9.59 Å². The summed E-state index contributed by atoms with van der Waals surface area (Å²) >= 11 is 1.49. The monoisotopic (exact) mass is 265 g/mol. The van der Waals surface area contributed by atoms with Gasteiger partial charge >= 0.3 is 0 Å². The number of hydrogen-bond acceptors (Lipinski definition) is 3. The Morgan fingerprint density at radius 2 is 1.94 bits per heavy atom. The Labute approximate surface area is 111 Å². The second kappa shape index (κ2) is 5.22. The smallest absolute Gasteiger partial charge is 0.224 e. The fraction of sp³-hybridized carbons (Fsp3) is 0.571. The van der Waals surface area contributed by atoms with Crippen LogP contribution < -0.4 is 5.73 Å². The molecule has 18 heavy (non-hydrogen) atoms. The van der Waals surface area contributed by atoms with Gasteiger partial charge < -0.3 is 5.73 Å². The normalized spacial score (nSPS) is 18.5. The van der Waals surface area contributed by atoms with E-state index < -0.39 is 0 Å². The molecule has 1 saturated carbocycles. The number of rotatable bonds is 4. The molecule has 1 aliphatic carbocycles. The van der Waals surface area contributed by atoms with E-state index in [-0.39, 0.29) is 17.1 Å². The summed E-state index contributed by atoms with van der Waals surface area (Å²) in [6, 6.07) is 3.81. The maximum Gasteiger partial charge on any atom is 0.224 e. The summed E-state index contributed by atoms with van der Waals surface area (Å²) < 4.78 is 0. The Morgan fingerprint density at radius 3 is 2.44 bits per heavy atom. The lowest BCUT2D eigenvalue weighted by Crippen LogP contribution is -2.40. The molecule has 4 heteroatoms. The molecule has 1 aromatic rings.